The smallest absolute Gasteiger partial charge is 0 e. The molecule has 0 fully saturated rings. The van der Waals surface area contributed by atoms with Crippen molar-refractivity contribution in [1.82, 2.24) is 0 Å². The fraction of sp³-hybridized carbons (Fsp3) is 0. The van der Waals surface area contributed by atoms with Gasteiger partial charge in [-0.3, -0.25) is 0 Å². The van der Waals surface area contributed by atoms with Gasteiger partial charge in [0.15, 0.2) is 0 Å². The van der Waals surface area contributed by atoms with Crippen LogP contribution in [0.2, 0.25) is 0 Å². The van der Waals surface area contributed by atoms with E-state index in [0.29, 0.717) is 0 Å². The summed E-state index contributed by atoms with van der Waals surface area (Å²) in [7, 11) is 0. The molecule has 130 valence electrons. The van der Waals surface area contributed by atoms with Crippen molar-refractivity contribution in [1.29, 1.82) is 0 Å². The second-order valence-electron chi connectivity index (χ2n) is 1.25. The summed E-state index contributed by atoms with van der Waals surface area (Å²) in [6, 6.07) is 0. The van der Waals surface area contributed by atoms with E-state index in [1.54, 1.807) is 0 Å². The first-order valence-electron chi connectivity index (χ1n) is 3.06. The summed E-state index contributed by atoms with van der Waals surface area (Å²) in [6.07, 6.45) is -11.7. The third kappa shape index (κ3) is 777. The van der Waals surface area contributed by atoms with E-state index in [0.717, 1.165) is 0 Å². The second-order valence-corrected chi connectivity index (χ2v) is 1.25. The molecule has 0 aliphatic rings. The molecular formula is C5O15V2-10. The standard InChI is InChI=1S/5CH2O3.2V/c5*2-1(3)4;;/h5*(H2,2,3,4);;/p-10. The van der Waals surface area contributed by atoms with Gasteiger partial charge in [-0.25, -0.2) is 0 Å². The van der Waals surface area contributed by atoms with Gasteiger partial charge >= 0.3 is 0 Å². The van der Waals surface area contributed by atoms with E-state index < -0.39 is 30.8 Å². The topological polar surface area (TPSA) is 316 Å². The molecule has 22 heavy (non-hydrogen) atoms. The van der Waals surface area contributed by atoms with E-state index in [2.05, 4.69) is 0 Å². The van der Waals surface area contributed by atoms with Gasteiger partial charge in [0.2, 0.25) is 0 Å². The van der Waals surface area contributed by atoms with Crippen molar-refractivity contribution in [3.63, 3.8) is 0 Å². The molecule has 0 saturated heterocycles. The molecule has 0 rings (SSSR count). The summed E-state index contributed by atoms with van der Waals surface area (Å²) in [5.74, 6) is 0. The largest absolute Gasteiger partial charge is 0.652 e. The van der Waals surface area contributed by atoms with E-state index in [4.69, 9.17) is 75.0 Å². The van der Waals surface area contributed by atoms with Gasteiger partial charge in [0.05, 0.1) is 0 Å². The molecule has 15 nitrogen and oxygen atoms in total. The quantitative estimate of drug-likeness (QED) is 0.363. The van der Waals surface area contributed by atoms with E-state index in [1.807, 2.05) is 0 Å². The fourth-order valence-electron chi connectivity index (χ4n) is 0. The Bertz CT molecular complexity index is 211. The van der Waals surface area contributed by atoms with Crippen molar-refractivity contribution < 1.29 is 112 Å². The Hall–Kier alpha value is -2.48. The maximum Gasteiger partial charge on any atom is 0 e. The van der Waals surface area contributed by atoms with Gasteiger partial charge in [-0.15, -0.1) is 0 Å². The first kappa shape index (κ1) is 42.7. The molecule has 0 unspecified atom stereocenters. The number of rotatable bonds is 0. The van der Waals surface area contributed by atoms with Crippen LogP contribution in [0.1, 0.15) is 0 Å². The third-order valence-corrected chi connectivity index (χ3v) is 0. The van der Waals surface area contributed by atoms with Crippen LogP contribution in [0.3, 0.4) is 0 Å². The van der Waals surface area contributed by atoms with Gasteiger partial charge in [0.1, 0.15) is 0 Å². The minimum atomic E-state index is -2.33. The van der Waals surface area contributed by atoms with Crippen LogP contribution in [0.4, 0.5) is 24.0 Å². The SMILES string of the molecule is O=C([O-])[O-].O=C([O-])[O-].O=C([O-])[O-].O=C([O-])[O-].O=C([O-])[O-].[V].[V]. The minimum absolute atomic E-state index is 0. The van der Waals surface area contributed by atoms with Crippen LogP contribution in [0.15, 0.2) is 0 Å². The zero-order valence-corrected chi connectivity index (χ0v) is 12.3. The third-order valence-electron chi connectivity index (χ3n) is 0. The average Bonchev–Trinajstić information content (AvgIpc) is 1.94. The molecule has 17 heteroatoms. The summed E-state index contributed by atoms with van der Waals surface area (Å²) in [5.41, 5.74) is 0. The number of hydrogen-bond donors (Lipinski definition) is 0. The monoisotopic (exact) mass is 402 g/mol. The molecule has 0 aliphatic carbocycles. The van der Waals surface area contributed by atoms with Gasteiger partial charge in [-0.2, -0.15) is 0 Å². The molecule has 0 aromatic rings. The molecular weight excluding hydrogens is 402 g/mol. The van der Waals surface area contributed by atoms with Crippen molar-refractivity contribution in [2.45, 2.75) is 0 Å². The van der Waals surface area contributed by atoms with E-state index >= 15 is 0 Å². The zero-order chi connectivity index (χ0) is 17.9. The zero-order valence-electron chi connectivity index (χ0n) is 9.52. The van der Waals surface area contributed by atoms with Gasteiger partial charge in [0, 0.05) is 37.1 Å². The van der Waals surface area contributed by atoms with Crippen molar-refractivity contribution in [3.05, 3.63) is 0 Å². The summed E-state index contributed by atoms with van der Waals surface area (Å²) < 4.78 is 0. The Morgan fingerprint density at radius 3 is 0.318 bits per heavy atom. The van der Waals surface area contributed by atoms with Crippen LogP contribution in [-0.4, -0.2) is 30.8 Å². The van der Waals surface area contributed by atoms with E-state index in [-0.39, 0.29) is 37.1 Å². The second kappa shape index (κ2) is 36.3. The maximum atomic E-state index is 8.33. The molecule has 0 heterocycles. The van der Waals surface area contributed by atoms with Crippen molar-refractivity contribution in [2.24, 2.45) is 0 Å². The van der Waals surface area contributed by atoms with Gasteiger partial charge in [-0.1, -0.05) is 0 Å². The molecule has 0 atom stereocenters. The minimum Gasteiger partial charge on any atom is -0.652 e. The maximum absolute atomic E-state index is 8.33. The van der Waals surface area contributed by atoms with Crippen LogP contribution in [-0.2, 0) is 37.1 Å². The molecule has 0 aromatic heterocycles. The molecule has 0 aromatic carbocycles. The summed E-state index contributed by atoms with van der Waals surface area (Å²) in [4.78, 5) is 41.7. The van der Waals surface area contributed by atoms with Crippen LogP contribution in [0.5, 0.6) is 0 Å². The normalized spacial score (nSPS) is 5.45. The molecule has 0 bridgehead atoms. The Morgan fingerprint density at radius 2 is 0.318 bits per heavy atom. The van der Waals surface area contributed by atoms with Crippen LogP contribution in [0.25, 0.3) is 0 Å². The number of hydrogen-bond acceptors (Lipinski definition) is 15. The summed E-state index contributed by atoms with van der Waals surface area (Å²) in [5, 5.41) is 83.3. The van der Waals surface area contributed by atoms with E-state index in [1.165, 1.54) is 0 Å². The molecule has 2 radical (unpaired) electrons. The van der Waals surface area contributed by atoms with Gasteiger partial charge in [0.25, 0.3) is 0 Å². The van der Waals surface area contributed by atoms with Crippen molar-refractivity contribution in [3.8, 4) is 0 Å². The number of carboxylic acid groups (broad SMARTS) is 10. The van der Waals surface area contributed by atoms with Gasteiger partial charge < -0.3 is 75.0 Å². The first-order valence-corrected chi connectivity index (χ1v) is 3.06. The summed E-state index contributed by atoms with van der Waals surface area (Å²) in [6.45, 7) is 0. The average molecular weight is 402 g/mol. The van der Waals surface area contributed by atoms with Crippen LogP contribution < -0.4 is 51.1 Å². The van der Waals surface area contributed by atoms with Crippen molar-refractivity contribution >= 4 is 30.8 Å². The van der Waals surface area contributed by atoms with Gasteiger partial charge in [-0.05, 0) is 30.8 Å². The van der Waals surface area contributed by atoms with Crippen LogP contribution in [0, 0.1) is 0 Å². The summed E-state index contributed by atoms with van der Waals surface area (Å²) >= 11 is 0. The Labute approximate surface area is 143 Å². The molecule has 0 amide bonds. The Kier molecular flexibility index (Phi) is 70.4. The predicted molar refractivity (Wildman–Crippen MR) is 27.0 cm³/mol. The molecule has 0 aliphatic heterocycles. The fourth-order valence-corrected chi connectivity index (χ4v) is 0. The molecule has 0 saturated carbocycles. The molecule has 0 spiro atoms. The van der Waals surface area contributed by atoms with Crippen LogP contribution >= 0.6 is 0 Å². The van der Waals surface area contributed by atoms with Crippen molar-refractivity contribution in [2.75, 3.05) is 0 Å². The Balaban J connectivity index is -0.0000000250. The number of carbonyl (C=O) groups excluding carboxylic acids is 5. The first-order chi connectivity index (χ1) is 8.66. The molecule has 0 N–H and O–H groups in total. The number of carbonyl (C=O) groups is 5. The van der Waals surface area contributed by atoms with E-state index in [9.17, 15) is 0 Å². The Morgan fingerprint density at radius 1 is 0.318 bits per heavy atom. The predicted octanol–water partition coefficient (Wildman–Crippen LogP) is -12.2.